The smallest absolute Gasteiger partial charge is 0.264 e. The van der Waals surface area contributed by atoms with Crippen molar-refractivity contribution in [2.75, 3.05) is 0 Å². The maximum atomic E-state index is 12.2. The van der Waals surface area contributed by atoms with Crippen LogP contribution >= 0.6 is 23.5 Å². The standard InChI is InChI=1S/C21H14N4O2S2/c26-19-17(28-20(25-19)22-13-6-2-1-3-7-13)12-14-10-11-18(27-14)29-21-23-15-8-4-5-9-16(15)24-21/h1-12H,(H,23,24)(H,22,25,26)/b17-12+. The lowest BCUT2D eigenvalue weighted by Crippen LogP contribution is -2.19. The molecule has 4 aromatic rings. The first-order valence-electron chi connectivity index (χ1n) is 8.80. The average Bonchev–Trinajstić information content (AvgIpc) is 3.42. The predicted octanol–water partition coefficient (Wildman–Crippen LogP) is 5.20. The molecule has 1 aliphatic rings. The quantitative estimate of drug-likeness (QED) is 0.445. The summed E-state index contributed by atoms with van der Waals surface area (Å²) in [5.41, 5.74) is 2.68. The van der Waals surface area contributed by atoms with Crippen LogP contribution in [-0.2, 0) is 4.79 Å². The van der Waals surface area contributed by atoms with E-state index in [0.717, 1.165) is 21.9 Å². The molecule has 0 radical (unpaired) electrons. The zero-order valence-electron chi connectivity index (χ0n) is 15.0. The number of aromatic nitrogens is 2. The molecule has 2 aromatic heterocycles. The molecule has 3 heterocycles. The minimum atomic E-state index is -0.187. The molecule has 2 aromatic carbocycles. The van der Waals surface area contributed by atoms with E-state index < -0.39 is 0 Å². The molecule has 1 amide bonds. The van der Waals surface area contributed by atoms with Gasteiger partial charge in [-0.15, -0.1) is 0 Å². The molecule has 1 aliphatic heterocycles. The Balaban J connectivity index is 1.32. The number of hydrogen-bond donors (Lipinski definition) is 2. The number of imidazole rings is 1. The number of H-pyrrole nitrogens is 1. The molecule has 0 unspecified atom stereocenters. The SMILES string of the molecule is O=C1NC(=Nc2ccccc2)S/C1=C/c1ccc(Sc2nc3ccccc3[nH]2)o1. The molecule has 0 saturated carbocycles. The number of hydrogen-bond acceptors (Lipinski definition) is 6. The number of amides is 1. The van der Waals surface area contributed by atoms with Gasteiger partial charge in [-0.1, -0.05) is 30.3 Å². The summed E-state index contributed by atoms with van der Waals surface area (Å²) < 4.78 is 5.84. The first kappa shape index (κ1) is 17.8. The fourth-order valence-electron chi connectivity index (χ4n) is 2.77. The van der Waals surface area contributed by atoms with Crippen LogP contribution < -0.4 is 5.32 Å². The van der Waals surface area contributed by atoms with Crippen LogP contribution in [0.3, 0.4) is 0 Å². The highest BCUT2D eigenvalue weighted by Crippen LogP contribution is 2.32. The van der Waals surface area contributed by atoms with Gasteiger partial charge in [0.05, 0.1) is 21.6 Å². The molecule has 1 saturated heterocycles. The minimum Gasteiger partial charge on any atom is -0.450 e. The number of amidine groups is 1. The molecule has 1 fully saturated rings. The van der Waals surface area contributed by atoms with Crippen LogP contribution in [0.4, 0.5) is 5.69 Å². The average molecular weight is 419 g/mol. The highest BCUT2D eigenvalue weighted by Gasteiger charge is 2.24. The van der Waals surface area contributed by atoms with Gasteiger partial charge in [0.1, 0.15) is 5.76 Å². The van der Waals surface area contributed by atoms with E-state index in [4.69, 9.17) is 4.42 Å². The van der Waals surface area contributed by atoms with Crippen molar-refractivity contribution >= 4 is 57.4 Å². The summed E-state index contributed by atoms with van der Waals surface area (Å²) in [7, 11) is 0. The molecular formula is C21H14N4O2S2. The van der Waals surface area contributed by atoms with Crippen molar-refractivity contribution < 1.29 is 9.21 Å². The Labute approximate surface area is 174 Å². The summed E-state index contributed by atoms with van der Waals surface area (Å²) in [5, 5.41) is 4.78. The number of thioether (sulfide) groups is 1. The molecule has 0 spiro atoms. The van der Waals surface area contributed by atoms with Gasteiger partial charge in [-0.3, -0.25) is 4.79 Å². The number of aliphatic imine (C=N–C) groups is 1. The van der Waals surface area contributed by atoms with Crippen molar-refractivity contribution in [3.05, 3.63) is 77.4 Å². The number of fused-ring (bicyclic) bond motifs is 1. The van der Waals surface area contributed by atoms with Gasteiger partial charge in [0.2, 0.25) is 0 Å². The largest absolute Gasteiger partial charge is 0.450 e. The topological polar surface area (TPSA) is 83.3 Å². The number of para-hydroxylation sites is 3. The zero-order chi connectivity index (χ0) is 19.6. The number of furan rings is 1. The number of nitrogens with one attached hydrogen (secondary N) is 2. The number of nitrogens with zero attached hydrogens (tertiary/aromatic N) is 2. The van der Waals surface area contributed by atoms with Crippen LogP contribution in [0, 0.1) is 0 Å². The lowest BCUT2D eigenvalue weighted by atomic mass is 10.3. The number of benzene rings is 2. The van der Waals surface area contributed by atoms with E-state index in [-0.39, 0.29) is 5.91 Å². The second kappa shape index (κ2) is 7.65. The van der Waals surface area contributed by atoms with Crippen LogP contribution in [0.2, 0.25) is 0 Å². The fourth-order valence-corrected chi connectivity index (χ4v) is 4.36. The van der Waals surface area contributed by atoms with Crippen molar-refractivity contribution in [2.45, 2.75) is 10.2 Å². The Kier molecular flexibility index (Phi) is 4.71. The molecule has 6 nitrogen and oxygen atoms in total. The van der Waals surface area contributed by atoms with Gasteiger partial charge >= 0.3 is 0 Å². The van der Waals surface area contributed by atoms with Gasteiger partial charge in [-0.25, -0.2) is 9.98 Å². The number of aromatic amines is 1. The van der Waals surface area contributed by atoms with Gasteiger partial charge in [-0.2, -0.15) is 0 Å². The summed E-state index contributed by atoms with van der Waals surface area (Å²) in [4.78, 5) is 25.0. The van der Waals surface area contributed by atoms with Crippen LogP contribution in [0.15, 0.2) is 91.3 Å². The van der Waals surface area contributed by atoms with Crippen molar-refractivity contribution in [1.82, 2.24) is 15.3 Å². The summed E-state index contributed by atoms with van der Waals surface area (Å²) in [6.07, 6.45) is 1.72. The lowest BCUT2D eigenvalue weighted by molar-refractivity contribution is -0.115. The summed E-state index contributed by atoms with van der Waals surface area (Å²) in [6, 6.07) is 21.0. The normalized spacial score (nSPS) is 16.8. The van der Waals surface area contributed by atoms with E-state index >= 15 is 0 Å². The number of carbonyl (C=O) groups excluding carboxylic acids is 1. The van der Waals surface area contributed by atoms with Crippen molar-refractivity contribution in [2.24, 2.45) is 4.99 Å². The van der Waals surface area contributed by atoms with Crippen molar-refractivity contribution in [3.8, 4) is 0 Å². The van der Waals surface area contributed by atoms with Gasteiger partial charge in [0, 0.05) is 6.08 Å². The van der Waals surface area contributed by atoms with Gasteiger partial charge in [-0.05, 0) is 59.9 Å². The zero-order valence-corrected chi connectivity index (χ0v) is 16.6. The summed E-state index contributed by atoms with van der Waals surface area (Å²) in [5.74, 6) is 0.412. The Morgan fingerprint density at radius 2 is 1.86 bits per heavy atom. The predicted molar refractivity (Wildman–Crippen MR) is 116 cm³/mol. The first-order valence-corrected chi connectivity index (χ1v) is 10.4. The maximum absolute atomic E-state index is 12.2. The van der Waals surface area contributed by atoms with Crippen molar-refractivity contribution in [1.29, 1.82) is 0 Å². The van der Waals surface area contributed by atoms with Gasteiger partial charge < -0.3 is 14.7 Å². The fraction of sp³-hybridized carbons (Fsp3) is 0. The Hall–Kier alpha value is -3.23. The Morgan fingerprint density at radius 1 is 1.03 bits per heavy atom. The van der Waals surface area contributed by atoms with E-state index in [1.165, 1.54) is 23.5 Å². The highest BCUT2D eigenvalue weighted by atomic mass is 32.2. The second-order valence-corrected chi connectivity index (χ2v) is 8.16. The van der Waals surface area contributed by atoms with Crippen LogP contribution in [0.25, 0.3) is 17.1 Å². The lowest BCUT2D eigenvalue weighted by Gasteiger charge is -1.94. The van der Waals surface area contributed by atoms with Crippen LogP contribution in [0.1, 0.15) is 5.76 Å². The molecule has 0 aliphatic carbocycles. The third-order valence-corrected chi connectivity index (χ3v) is 5.80. The molecule has 0 bridgehead atoms. The number of carbonyl (C=O) groups is 1. The molecule has 29 heavy (non-hydrogen) atoms. The van der Waals surface area contributed by atoms with E-state index in [1.807, 2.05) is 66.7 Å². The first-order chi connectivity index (χ1) is 14.2. The molecular weight excluding hydrogens is 404 g/mol. The monoisotopic (exact) mass is 418 g/mol. The maximum Gasteiger partial charge on any atom is 0.264 e. The summed E-state index contributed by atoms with van der Waals surface area (Å²) in [6.45, 7) is 0. The molecule has 5 rings (SSSR count). The minimum absolute atomic E-state index is 0.187. The van der Waals surface area contributed by atoms with Gasteiger partial charge in [0.25, 0.3) is 5.91 Å². The summed E-state index contributed by atoms with van der Waals surface area (Å²) >= 11 is 2.69. The van der Waals surface area contributed by atoms with E-state index in [9.17, 15) is 4.79 Å². The van der Waals surface area contributed by atoms with Gasteiger partial charge in [0.15, 0.2) is 15.4 Å². The molecule has 142 valence electrons. The van der Waals surface area contributed by atoms with E-state index in [0.29, 0.717) is 20.9 Å². The van der Waals surface area contributed by atoms with E-state index in [2.05, 4.69) is 20.3 Å². The molecule has 2 N–H and O–H groups in total. The van der Waals surface area contributed by atoms with Crippen molar-refractivity contribution in [3.63, 3.8) is 0 Å². The van der Waals surface area contributed by atoms with E-state index in [1.54, 1.807) is 6.08 Å². The number of rotatable bonds is 4. The van der Waals surface area contributed by atoms with Crippen LogP contribution in [-0.4, -0.2) is 21.0 Å². The molecule has 8 heteroatoms. The molecule has 0 atom stereocenters. The third-order valence-electron chi connectivity index (χ3n) is 4.08. The third kappa shape index (κ3) is 3.98. The highest BCUT2D eigenvalue weighted by molar-refractivity contribution is 8.18. The van der Waals surface area contributed by atoms with Crippen LogP contribution in [0.5, 0.6) is 0 Å². The Bertz CT molecular complexity index is 1220. The second-order valence-electron chi connectivity index (χ2n) is 6.14. The Morgan fingerprint density at radius 3 is 2.72 bits per heavy atom.